The van der Waals surface area contributed by atoms with Gasteiger partial charge in [-0.15, -0.1) is 0 Å². The number of fused-ring (bicyclic) bond motifs is 1. The molecule has 292 valence electrons. The molecule has 3 aliphatic rings. The Morgan fingerprint density at radius 1 is 1.05 bits per heavy atom. The first kappa shape index (κ1) is 38.1. The van der Waals surface area contributed by atoms with E-state index < -0.39 is 42.6 Å². The van der Waals surface area contributed by atoms with Crippen LogP contribution in [0.5, 0.6) is 5.75 Å². The number of hydrogen-bond donors (Lipinski definition) is 3. The zero-order chi connectivity index (χ0) is 39.0. The predicted octanol–water partition coefficient (Wildman–Crippen LogP) is 4.90. The van der Waals surface area contributed by atoms with Crippen molar-refractivity contribution in [3.63, 3.8) is 0 Å². The molecule has 3 unspecified atom stereocenters. The highest BCUT2D eigenvalue weighted by Crippen LogP contribution is 2.37. The Bertz CT molecular complexity index is 2120. The third kappa shape index (κ3) is 7.85. The van der Waals surface area contributed by atoms with Gasteiger partial charge in [-0.2, -0.15) is 0 Å². The smallest absolute Gasteiger partial charge is 0.320 e. The lowest BCUT2D eigenvalue weighted by molar-refractivity contribution is -0.127. The summed E-state index contributed by atoms with van der Waals surface area (Å²) in [5.74, 6) is -3.70. The van der Waals surface area contributed by atoms with E-state index in [4.69, 9.17) is 4.74 Å². The minimum absolute atomic E-state index is 0.00920. The molecule has 3 fully saturated rings. The first-order valence-corrected chi connectivity index (χ1v) is 18.6. The van der Waals surface area contributed by atoms with Gasteiger partial charge in [0.1, 0.15) is 23.8 Å². The number of rotatable bonds is 8. The molecule has 2 aromatic carbocycles. The van der Waals surface area contributed by atoms with Crippen LogP contribution < -0.4 is 20.9 Å². The number of aliphatic hydroxyl groups excluding tert-OH is 1. The number of hydrogen-bond acceptors (Lipinski definition) is 8. The molecule has 4 aromatic rings. The van der Waals surface area contributed by atoms with Crippen molar-refractivity contribution in [2.45, 2.75) is 68.8 Å². The van der Waals surface area contributed by atoms with Gasteiger partial charge >= 0.3 is 6.03 Å². The quantitative estimate of drug-likeness (QED) is 0.231. The SMILES string of the molecule is COc1cc(-c2cn(C)c(=O)c3cnccc23)cc(F)c1CN1CCC(N(C)C(=O)N2CCC(c3ccc(NC4CCC(O)NC4=O)cc3)CC2)C(F)(F)C1. The number of ether oxygens (including phenoxy) is 1. The number of anilines is 1. The van der Waals surface area contributed by atoms with E-state index in [1.165, 1.54) is 40.8 Å². The zero-order valence-electron chi connectivity index (χ0n) is 31.1. The molecule has 2 aromatic heterocycles. The van der Waals surface area contributed by atoms with E-state index >= 15 is 13.2 Å². The average Bonchev–Trinajstić information content (AvgIpc) is 3.17. The molecular weight excluding hydrogens is 715 g/mol. The normalized spacial score (nSPS) is 22.0. The Morgan fingerprint density at radius 2 is 1.80 bits per heavy atom. The van der Waals surface area contributed by atoms with Crippen LogP contribution in [0.4, 0.5) is 23.7 Å². The minimum Gasteiger partial charge on any atom is -0.496 e. The first-order chi connectivity index (χ1) is 26.3. The number of carbonyl (C=O) groups is 2. The summed E-state index contributed by atoms with van der Waals surface area (Å²) >= 11 is 0. The Morgan fingerprint density at radius 3 is 2.49 bits per heavy atom. The first-order valence-electron chi connectivity index (χ1n) is 18.6. The number of piperidine rings is 3. The van der Waals surface area contributed by atoms with E-state index in [9.17, 15) is 19.5 Å². The van der Waals surface area contributed by atoms with Gasteiger partial charge in [0.2, 0.25) is 5.91 Å². The van der Waals surface area contributed by atoms with Crippen LogP contribution in [0.25, 0.3) is 21.9 Å². The van der Waals surface area contributed by atoms with E-state index in [0.29, 0.717) is 60.7 Å². The van der Waals surface area contributed by atoms with Crippen molar-refractivity contribution in [2.24, 2.45) is 7.05 Å². The van der Waals surface area contributed by atoms with Gasteiger partial charge in [0.15, 0.2) is 0 Å². The maximum absolute atomic E-state index is 15.8. The van der Waals surface area contributed by atoms with E-state index in [1.807, 2.05) is 24.3 Å². The molecule has 0 saturated carbocycles. The molecule has 3 amide bonds. The second-order valence-electron chi connectivity index (χ2n) is 14.9. The molecule has 3 saturated heterocycles. The number of carbonyl (C=O) groups excluding carboxylic acids is 2. The predicted molar refractivity (Wildman–Crippen MR) is 202 cm³/mol. The van der Waals surface area contributed by atoms with Crippen LogP contribution in [0.2, 0.25) is 0 Å². The molecule has 3 aliphatic heterocycles. The summed E-state index contributed by atoms with van der Waals surface area (Å²) in [4.78, 5) is 46.7. The van der Waals surface area contributed by atoms with Gasteiger partial charge in [0, 0.05) is 75.7 Å². The largest absolute Gasteiger partial charge is 0.496 e. The monoisotopic (exact) mass is 761 g/mol. The number of nitrogens with zero attached hydrogens (tertiary/aromatic N) is 5. The molecule has 0 spiro atoms. The maximum Gasteiger partial charge on any atom is 0.320 e. The van der Waals surface area contributed by atoms with Crippen molar-refractivity contribution in [1.29, 1.82) is 0 Å². The lowest BCUT2D eigenvalue weighted by Crippen LogP contribution is -2.60. The lowest BCUT2D eigenvalue weighted by Gasteiger charge is -2.44. The number of aliphatic hydroxyl groups is 1. The Balaban J connectivity index is 0.952. The molecule has 7 rings (SSSR count). The molecule has 5 heterocycles. The molecule has 0 bridgehead atoms. The molecule has 15 heteroatoms. The fourth-order valence-corrected chi connectivity index (χ4v) is 8.22. The molecule has 0 radical (unpaired) electrons. The van der Waals surface area contributed by atoms with Gasteiger partial charge in [-0.25, -0.2) is 18.0 Å². The van der Waals surface area contributed by atoms with E-state index in [2.05, 4.69) is 15.6 Å². The third-order valence-corrected chi connectivity index (χ3v) is 11.3. The highest BCUT2D eigenvalue weighted by atomic mass is 19.3. The summed E-state index contributed by atoms with van der Waals surface area (Å²) in [5, 5.41) is 16.4. The number of amides is 3. The van der Waals surface area contributed by atoms with E-state index in [0.717, 1.165) is 11.3 Å². The van der Waals surface area contributed by atoms with Gasteiger partial charge < -0.3 is 34.8 Å². The maximum atomic E-state index is 15.8. The number of urea groups is 1. The Hall–Kier alpha value is -5.15. The van der Waals surface area contributed by atoms with Crippen molar-refractivity contribution in [3.05, 3.63) is 88.4 Å². The Labute approximate surface area is 316 Å². The molecule has 12 nitrogen and oxygen atoms in total. The number of likely N-dealkylation sites (tertiary alicyclic amines) is 2. The van der Waals surface area contributed by atoms with E-state index in [1.54, 1.807) is 36.5 Å². The number of methoxy groups -OCH3 is 1. The molecule has 0 aliphatic carbocycles. The van der Waals surface area contributed by atoms with Gasteiger partial charge in [-0.1, -0.05) is 12.1 Å². The number of alkyl halides is 2. The standard InChI is InChI=1S/C40H46F3N7O5/c1-47-21-30(28-10-14-44-20-29(28)38(47)53)26-18-32(41)31(34(19-26)55-3)22-49-15-13-35(40(42,43)23-49)48(2)39(54)50-16-11-25(12-17-50)24-4-6-27(7-5-24)45-33-8-9-36(51)46-37(33)52/h4-7,10,14,18-21,25,33,35-36,45,51H,8-9,11-13,15-17,22-23H2,1-3H3,(H,46,52). The summed E-state index contributed by atoms with van der Waals surface area (Å²) in [5.41, 5.74) is 2.89. The lowest BCUT2D eigenvalue weighted by atomic mass is 9.89. The average molecular weight is 762 g/mol. The van der Waals surface area contributed by atoms with Crippen molar-refractivity contribution in [1.82, 2.24) is 29.6 Å². The highest BCUT2D eigenvalue weighted by molar-refractivity contribution is 5.95. The highest BCUT2D eigenvalue weighted by Gasteiger charge is 2.48. The summed E-state index contributed by atoms with van der Waals surface area (Å²) < 4.78 is 54.5. The van der Waals surface area contributed by atoms with Crippen molar-refractivity contribution in [3.8, 4) is 16.9 Å². The number of aromatic nitrogens is 2. The van der Waals surface area contributed by atoms with Crippen molar-refractivity contribution in [2.75, 3.05) is 45.7 Å². The zero-order valence-corrected chi connectivity index (χ0v) is 31.1. The van der Waals surface area contributed by atoms with Gasteiger partial charge in [0.25, 0.3) is 11.5 Å². The fourth-order valence-electron chi connectivity index (χ4n) is 8.22. The molecule has 3 atom stereocenters. The number of benzene rings is 2. The fraction of sp³-hybridized carbons (Fsp3) is 0.450. The summed E-state index contributed by atoms with van der Waals surface area (Å²) in [6.07, 6.45) is 6.23. The molecule has 55 heavy (non-hydrogen) atoms. The van der Waals surface area contributed by atoms with Crippen molar-refractivity contribution < 1.29 is 32.6 Å². The van der Waals surface area contributed by atoms with Crippen LogP contribution in [-0.4, -0.2) is 106 Å². The van der Waals surface area contributed by atoms with Gasteiger partial charge in [0.05, 0.1) is 25.1 Å². The van der Waals surface area contributed by atoms with Crippen LogP contribution in [0.15, 0.2) is 65.8 Å². The third-order valence-electron chi connectivity index (χ3n) is 11.3. The minimum atomic E-state index is -3.25. The number of pyridine rings is 2. The van der Waals surface area contributed by atoms with Gasteiger partial charge in [-0.05, 0) is 84.9 Å². The van der Waals surface area contributed by atoms with E-state index in [-0.39, 0.29) is 48.2 Å². The number of nitrogens with one attached hydrogen (secondary N) is 2. The molecule has 3 N–H and O–H groups in total. The topological polar surface area (TPSA) is 132 Å². The van der Waals surface area contributed by atoms with Crippen LogP contribution in [0.1, 0.15) is 49.1 Å². The number of halogens is 3. The summed E-state index contributed by atoms with van der Waals surface area (Å²) in [6.45, 7) is 0.324. The van der Waals surface area contributed by atoms with Gasteiger partial charge in [-0.3, -0.25) is 19.5 Å². The second kappa shape index (κ2) is 15.5. The summed E-state index contributed by atoms with van der Waals surface area (Å²) in [6, 6.07) is 10.4. The Kier molecular flexibility index (Phi) is 10.8. The second-order valence-corrected chi connectivity index (χ2v) is 14.9. The summed E-state index contributed by atoms with van der Waals surface area (Å²) in [7, 11) is 4.44. The number of aryl methyl sites for hydroxylation is 1. The van der Waals surface area contributed by atoms with Crippen LogP contribution in [0.3, 0.4) is 0 Å². The van der Waals surface area contributed by atoms with Crippen LogP contribution in [0, 0.1) is 5.82 Å². The van der Waals surface area contributed by atoms with Crippen LogP contribution >= 0.6 is 0 Å². The van der Waals surface area contributed by atoms with Crippen molar-refractivity contribution >= 4 is 28.4 Å². The van der Waals surface area contributed by atoms with Crippen LogP contribution in [-0.2, 0) is 18.4 Å². The molecular formula is C40H46F3N7O5.